The van der Waals surface area contributed by atoms with Crippen LogP contribution < -0.4 is 10.1 Å². The van der Waals surface area contributed by atoms with Crippen LogP contribution in [0.1, 0.15) is 29.7 Å². The molecule has 1 aromatic heterocycles. The minimum absolute atomic E-state index is 0.0139. The van der Waals surface area contributed by atoms with Crippen LogP contribution in [-0.4, -0.2) is 13.7 Å². The third kappa shape index (κ3) is 3.10. The summed E-state index contributed by atoms with van der Waals surface area (Å²) in [5, 5.41) is 3.47. The van der Waals surface area contributed by atoms with Crippen LogP contribution in [0.15, 0.2) is 38.0 Å². The lowest BCUT2D eigenvalue weighted by Gasteiger charge is -2.21. The number of methoxy groups -OCH3 is 1. The zero-order chi connectivity index (χ0) is 14.7. The quantitative estimate of drug-likeness (QED) is 0.778. The number of hydrogen-bond acceptors (Lipinski definition) is 3. The van der Waals surface area contributed by atoms with Gasteiger partial charge in [-0.3, -0.25) is 0 Å². The Morgan fingerprint density at radius 1 is 1.30 bits per heavy atom. The van der Waals surface area contributed by atoms with Gasteiger partial charge in [-0.05, 0) is 53.2 Å². The van der Waals surface area contributed by atoms with Gasteiger partial charge in [0, 0.05) is 15.6 Å². The van der Waals surface area contributed by atoms with Gasteiger partial charge in [-0.2, -0.15) is 0 Å². The Hall–Kier alpha value is -0.780. The van der Waals surface area contributed by atoms with Crippen molar-refractivity contribution in [2.45, 2.75) is 19.9 Å². The van der Waals surface area contributed by atoms with E-state index in [9.17, 15) is 0 Å². The highest BCUT2D eigenvalue weighted by Gasteiger charge is 2.22. The van der Waals surface area contributed by atoms with Crippen molar-refractivity contribution >= 4 is 31.9 Å². The first-order valence-electron chi connectivity index (χ1n) is 6.38. The highest BCUT2D eigenvalue weighted by atomic mass is 79.9. The van der Waals surface area contributed by atoms with Crippen LogP contribution >= 0.6 is 31.9 Å². The summed E-state index contributed by atoms with van der Waals surface area (Å²) in [5.74, 6) is 0.866. The second-order valence-corrected chi connectivity index (χ2v) is 6.06. The molecule has 0 amide bonds. The number of ether oxygens (including phenoxy) is 1. The lowest BCUT2D eigenvalue weighted by atomic mass is 9.99. The maximum Gasteiger partial charge on any atom is 0.174 e. The number of nitrogens with one attached hydrogen (secondary N) is 1. The van der Waals surface area contributed by atoms with E-state index in [1.807, 2.05) is 19.1 Å². The summed E-state index contributed by atoms with van der Waals surface area (Å²) < 4.78 is 12.7. The Morgan fingerprint density at radius 2 is 2.05 bits per heavy atom. The van der Waals surface area contributed by atoms with Crippen LogP contribution in [0.3, 0.4) is 0 Å². The van der Waals surface area contributed by atoms with Gasteiger partial charge in [-0.1, -0.05) is 22.9 Å². The topological polar surface area (TPSA) is 34.4 Å². The molecule has 1 unspecified atom stereocenters. The van der Waals surface area contributed by atoms with Gasteiger partial charge in [-0.25, -0.2) is 0 Å². The predicted molar refractivity (Wildman–Crippen MR) is 87.4 cm³/mol. The molecular formula is C15H17Br2NO2. The summed E-state index contributed by atoms with van der Waals surface area (Å²) in [7, 11) is 1.69. The molecule has 0 saturated carbocycles. The van der Waals surface area contributed by atoms with Crippen molar-refractivity contribution in [1.29, 1.82) is 0 Å². The van der Waals surface area contributed by atoms with E-state index < -0.39 is 0 Å². The summed E-state index contributed by atoms with van der Waals surface area (Å²) in [6.07, 6.45) is 1.68. The van der Waals surface area contributed by atoms with Gasteiger partial charge in [0.15, 0.2) is 4.67 Å². The highest BCUT2D eigenvalue weighted by molar-refractivity contribution is 9.10. The lowest BCUT2D eigenvalue weighted by molar-refractivity contribution is 0.403. The van der Waals surface area contributed by atoms with Crippen molar-refractivity contribution in [2.24, 2.45) is 0 Å². The predicted octanol–water partition coefficient (Wildman–Crippen LogP) is 4.82. The first kappa shape index (κ1) is 15.6. The van der Waals surface area contributed by atoms with Gasteiger partial charge < -0.3 is 14.5 Å². The Balaban J connectivity index is 2.55. The summed E-state index contributed by atoms with van der Waals surface area (Å²) in [6.45, 7) is 4.97. The zero-order valence-corrected chi connectivity index (χ0v) is 14.8. The van der Waals surface area contributed by atoms with Crippen molar-refractivity contribution in [2.75, 3.05) is 13.7 Å². The zero-order valence-electron chi connectivity index (χ0n) is 11.7. The highest BCUT2D eigenvalue weighted by Crippen LogP contribution is 2.37. The van der Waals surface area contributed by atoms with E-state index in [-0.39, 0.29) is 6.04 Å². The fraction of sp³-hybridized carbons (Fsp3) is 0.333. The van der Waals surface area contributed by atoms with Crippen molar-refractivity contribution < 1.29 is 9.15 Å². The fourth-order valence-electron chi connectivity index (χ4n) is 2.17. The molecule has 0 aliphatic heterocycles. The number of hydrogen-bond donors (Lipinski definition) is 1. The van der Waals surface area contributed by atoms with E-state index in [4.69, 9.17) is 9.15 Å². The van der Waals surface area contributed by atoms with E-state index in [2.05, 4.69) is 50.2 Å². The molecule has 1 aromatic carbocycles. The number of furan rings is 1. The van der Waals surface area contributed by atoms with Crippen molar-refractivity contribution in [3.05, 3.63) is 50.3 Å². The molecule has 108 valence electrons. The van der Waals surface area contributed by atoms with Crippen LogP contribution in [0.25, 0.3) is 0 Å². The molecule has 20 heavy (non-hydrogen) atoms. The van der Waals surface area contributed by atoms with Crippen LogP contribution in [-0.2, 0) is 0 Å². The SMILES string of the molecule is CCNC(c1cc(Br)c(C)cc1OC)c1ccoc1Br. The van der Waals surface area contributed by atoms with Crippen LogP contribution in [0.4, 0.5) is 0 Å². The average Bonchev–Trinajstić information content (AvgIpc) is 2.85. The van der Waals surface area contributed by atoms with Crippen molar-refractivity contribution in [3.63, 3.8) is 0 Å². The summed E-state index contributed by atoms with van der Waals surface area (Å²) in [6, 6.07) is 6.11. The molecule has 1 atom stereocenters. The third-order valence-corrected chi connectivity index (χ3v) is 4.69. The monoisotopic (exact) mass is 401 g/mol. The molecule has 1 N–H and O–H groups in total. The molecule has 0 fully saturated rings. The van der Waals surface area contributed by atoms with E-state index in [1.54, 1.807) is 13.4 Å². The Morgan fingerprint density at radius 3 is 2.60 bits per heavy atom. The first-order chi connectivity index (χ1) is 9.58. The van der Waals surface area contributed by atoms with Crippen molar-refractivity contribution in [1.82, 2.24) is 5.32 Å². The minimum atomic E-state index is 0.0139. The summed E-state index contributed by atoms with van der Waals surface area (Å²) >= 11 is 7.05. The summed E-state index contributed by atoms with van der Waals surface area (Å²) in [4.78, 5) is 0. The smallest absolute Gasteiger partial charge is 0.174 e. The lowest BCUT2D eigenvalue weighted by Crippen LogP contribution is -2.22. The van der Waals surface area contributed by atoms with Gasteiger partial charge in [0.25, 0.3) is 0 Å². The molecule has 0 aliphatic rings. The second kappa shape index (κ2) is 6.78. The molecule has 0 aliphatic carbocycles. The number of aryl methyl sites for hydroxylation is 1. The number of halogens is 2. The maximum atomic E-state index is 5.54. The second-order valence-electron chi connectivity index (χ2n) is 4.48. The summed E-state index contributed by atoms with van der Waals surface area (Å²) in [5.41, 5.74) is 3.28. The molecule has 2 aromatic rings. The van der Waals surface area contributed by atoms with E-state index in [1.165, 1.54) is 0 Å². The molecule has 2 rings (SSSR count). The molecule has 3 nitrogen and oxygen atoms in total. The Kier molecular flexibility index (Phi) is 5.29. The van der Waals surface area contributed by atoms with Crippen LogP contribution in [0.5, 0.6) is 5.75 Å². The van der Waals surface area contributed by atoms with Crippen LogP contribution in [0.2, 0.25) is 0 Å². The normalized spacial score (nSPS) is 12.4. The van der Waals surface area contributed by atoms with Crippen molar-refractivity contribution in [3.8, 4) is 5.75 Å². The average molecular weight is 403 g/mol. The molecule has 5 heteroatoms. The molecule has 0 radical (unpaired) electrons. The number of rotatable bonds is 5. The van der Waals surface area contributed by atoms with Gasteiger partial charge in [0.2, 0.25) is 0 Å². The van der Waals surface area contributed by atoms with E-state index in [0.717, 1.165) is 38.1 Å². The standard InChI is InChI=1S/C15H17Br2NO2/c1-4-18-14(10-5-6-20-15(10)17)11-8-12(16)9(2)7-13(11)19-3/h5-8,14,18H,4H2,1-3H3. The van der Waals surface area contributed by atoms with E-state index in [0.29, 0.717) is 0 Å². The third-order valence-electron chi connectivity index (χ3n) is 3.19. The van der Waals surface area contributed by atoms with Gasteiger partial charge in [0.1, 0.15) is 5.75 Å². The minimum Gasteiger partial charge on any atom is -0.496 e. The largest absolute Gasteiger partial charge is 0.496 e. The Labute approximate surface area is 136 Å². The fourth-order valence-corrected chi connectivity index (χ4v) is 3.00. The molecule has 0 saturated heterocycles. The molecule has 0 spiro atoms. The molecular weight excluding hydrogens is 386 g/mol. The van der Waals surface area contributed by atoms with E-state index >= 15 is 0 Å². The molecule has 0 bridgehead atoms. The first-order valence-corrected chi connectivity index (χ1v) is 7.97. The number of benzene rings is 1. The van der Waals surface area contributed by atoms with Gasteiger partial charge in [0.05, 0.1) is 19.4 Å². The molecule has 1 heterocycles. The van der Waals surface area contributed by atoms with Gasteiger partial charge >= 0.3 is 0 Å². The van der Waals surface area contributed by atoms with Gasteiger partial charge in [-0.15, -0.1) is 0 Å². The maximum absolute atomic E-state index is 5.54. The Bertz CT molecular complexity index is 596. The van der Waals surface area contributed by atoms with Crippen LogP contribution in [0, 0.1) is 6.92 Å².